The topological polar surface area (TPSA) is 99.6 Å². The lowest BCUT2D eigenvalue weighted by Crippen LogP contribution is -2.31. The molecule has 1 N–H and O–H groups in total. The van der Waals surface area contributed by atoms with Crippen molar-refractivity contribution < 1.29 is 37.0 Å². The van der Waals surface area contributed by atoms with Crippen molar-refractivity contribution in [3.05, 3.63) is 113 Å². The van der Waals surface area contributed by atoms with Crippen LogP contribution in [0.4, 0.5) is 13.2 Å². The molecule has 1 saturated heterocycles. The number of halogens is 3. The molecule has 0 spiro atoms. The number of hydrogen-bond donors (Lipinski definition) is 1. The summed E-state index contributed by atoms with van der Waals surface area (Å²) in [7, 11) is 0. The van der Waals surface area contributed by atoms with E-state index in [4.69, 9.17) is 13.9 Å². The van der Waals surface area contributed by atoms with Gasteiger partial charge in [-0.25, -0.2) is 27.9 Å². The minimum Gasteiger partial charge on any atom is -0.478 e. The van der Waals surface area contributed by atoms with E-state index < -0.39 is 23.4 Å². The van der Waals surface area contributed by atoms with Crippen LogP contribution in [0, 0.1) is 17.5 Å². The highest BCUT2D eigenvalue weighted by molar-refractivity contribution is 5.92. The minimum atomic E-state index is -1.05. The van der Waals surface area contributed by atoms with Gasteiger partial charge in [-0.15, -0.1) is 0 Å². The van der Waals surface area contributed by atoms with Gasteiger partial charge in [0.2, 0.25) is 0 Å². The SMILES string of the molecule is O=C(O)c1ccc2nc(Cc3ccc(-c4ccc(F)c(OCc5ccc(F)c6ccoc56)n4)cc3F)n(C[C@@H]3CCO3)c2c1. The van der Waals surface area contributed by atoms with Gasteiger partial charge in [-0.3, -0.25) is 0 Å². The Labute approximate surface area is 248 Å². The summed E-state index contributed by atoms with van der Waals surface area (Å²) in [5.74, 6) is -2.41. The molecule has 1 fully saturated rings. The van der Waals surface area contributed by atoms with E-state index in [1.165, 1.54) is 48.7 Å². The van der Waals surface area contributed by atoms with Crippen LogP contribution in [0.25, 0.3) is 33.3 Å². The first-order valence-electron chi connectivity index (χ1n) is 13.9. The first-order valence-corrected chi connectivity index (χ1v) is 13.9. The number of fused-ring (bicyclic) bond motifs is 2. The fourth-order valence-corrected chi connectivity index (χ4v) is 5.33. The molecule has 0 unspecified atom stereocenters. The number of ether oxygens (including phenoxy) is 2. The maximum Gasteiger partial charge on any atom is 0.335 e. The van der Waals surface area contributed by atoms with E-state index in [1.54, 1.807) is 24.3 Å². The van der Waals surface area contributed by atoms with Gasteiger partial charge < -0.3 is 23.6 Å². The number of furan rings is 1. The third kappa shape index (κ3) is 5.15. The molecule has 7 rings (SSSR count). The van der Waals surface area contributed by atoms with Crippen molar-refractivity contribution in [3.63, 3.8) is 0 Å². The van der Waals surface area contributed by atoms with Gasteiger partial charge in [0, 0.05) is 24.2 Å². The van der Waals surface area contributed by atoms with Crippen LogP contribution >= 0.6 is 0 Å². The number of nitrogens with zero attached hydrogens (tertiary/aromatic N) is 3. The molecule has 1 atom stereocenters. The molecule has 1 aliphatic heterocycles. The Bertz CT molecular complexity index is 2050. The van der Waals surface area contributed by atoms with Crippen molar-refractivity contribution in [1.29, 1.82) is 0 Å². The Morgan fingerprint density at radius 3 is 2.55 bits per heavy atom. The van der Waals surface area contributed by atoms with E-state index in [0.717, 1.165) is 6.42 Å². The van der Waals surface area contributed by atoms with E-state index in [-0.39, 0.29) is 30.6 Å². The van der Waals surface area contributed by atoms with Crippen LogP contribution in [-0.4, -0.2) is 38.3 Å². The second kappa shape index (κ2) is 11.2. The van der Waals surface area contributed by atoms with Gasteiger partial charge in [0.1, 0.15) is 29.6 Å². The second-order valence-electron chi connectivity index (χ2n) is 10.6. The average molecular weight is 600 g/mol. The van der Waals surface area contributed by atoms with Crippen molar-refractivity contribution in [2.24, 2.45) is 0 Å². The highest BCUT2D eigenvalue weighted by atomic mass is 19.1. The molecule has 0 bridgehead atoms. The molecule has 1 aliphatic rings. The zero-order chi connectivity index (χ0) is 30.4. The molecule has 11 heteroatoms. The van der Waals surface area contributed by atoms with Crippen LogP contribution in [0.1, 0.15) is 33.7 Å². The lowest BCUT2D eigenvalue weighted by molar-refractivity contribution is -0.0589. The predicted octanol–water partition coefficient (Wildman–Crippen LogP) is 6.92. The summed E-state index contributed by atoms with van der Waals surface area (Å²) >= 11 is 0. The maximum atomic E-state index is 15.5. The largest absolute Gasteiger partial charge is 0.478 e. The molecule has 0 saturated carbocycles. The summed E-state index contributed by atoms with van der Waals surface area (Å²) in [5.41, 5.74) is 3.28. The van der Waals surface area contributed by atoms with Crippen molar-refractivity contribution in [3.8, 4) is 17.1 Å². The second-order valence-corrected chi connectivity index (χ2v) is 10.6. The Morgan fingerprint density at radius 2 is 1.77 bits per heavy atom. The van der Waals surface area contributed by atoms with Crippen molar-refractivity contribution in [1.82, 2.24) is 14.5 Å². The fraction of sp³-hybridized carbons (Fsp3) is 0.182. The van der Waals surface area contributed by atoms with Crippen LogP contribution < -0.4 is 4.74 Å². The quantitative estimate of drug-likeness (QED) is 0.193. The van der Waals surface area contributed by atoms with Gasteiger partial charge in [-0.05, 0) is 66.6 Å². The number of aromatic carboxylic acids is 1. The highest BCUT2D eigenvalue weighted by Gasteiger charge is 2.23. The monoisotopic (exact) mass is 599 g/mol. The highest BCUT2D eigenvalue weighted by Crippen LogP contribution is 2.29. The van der Waals surface area contributed by atoms with Crippen LogP contribution in [0.15, 0.2) is 77.4 Å². The molecule has 0 radical (unpaired) electrons. The third-order valence-corrected chi connectivity index (χ3v) is 7.77. The Balaban J connectivity index is 1.14. The van der Waals surface area contributed by atoms with E-state index in [2.05, 4.69) is 9.97 Å². The van der Waals surface area contributed by atoms with Crippen molar-refractivity contribution in [2.45, 2.75) is 32.1 Å². The van der Waals surface area contributed by atoms with Gasteiger partial charge in [0.15, 0.2) is 5.82 Å². The summed E-state index contributed by atoms with van der Waals surface area (Å²) in [6, 6.07) is 16.2. The number of carbonyl (C=O) groups is 1. The molecule has 44 heavy (non-hydrogen) atoms. The number of hydrogen-bond acceptors (Lipinski definition) is 6. The number of benzene rings is 3. The number of carboxylic acids is 1. The normalized spacial score (nSPS) is 14.7. The summed E-state index contributed by atoms with van der Waals surface area (Å²) < 4.78 is 62.6. The zero-order valence-electron chi connectivity index (χ0n) is 23.1. The van der Waals surface area contributed by atoms with Gasteiger partial charge in [0.25, 0.3) is 5.88 Å². The third-order valence-electron chi connectivity index (χ3n) is 7.77. The van der Waals surface area contributed by atoms with Crippen LogP contribution in [0.2, 0.25) is 0 Å². The summed E-state index contributed by atoms with van der Waals surface area (Å²) in [6.45, 7) is 1.01. The van der Waals surface area contributed by atoms with Crippen LogP contribution in [0.3, 0.4) is 0 Å². The Kier molecular flexibility index (Phi) is 7.01. The molecule has 8 nitrogen and oxygen atoms in total. The van der Waals surface area contributed by atoms with Gasteiger partial charge in [-0.1, -0.05) is 12.1 Å². The molecular formula is C33H24F3N3O5. The summed E-state index contributed by atoms with van der Waals surface area (Å²) in [5, 5.41) is 9.76. The maximum absolute atomic E-state index is 15.5. The van der Waals surface area contributed by atoms with E-state index >= 15 is 4.39 Å². The van der Waals surface area contributed by atoms with Crippen molar-refractivity contribution in [2.75, 3.05) is 6.61 Å². The molecule has 3 aromatic heterocycles. The molecule has 222 valence electrons. The Morgan fingerprint density at radius 1 is 0.955 bits per heavy atom. The van der Waals surface area contributed by atoms with E-state index in [1.807, 2.05) is 4.57 Å². The average Bonchev–Trinajstić information content (AvgIpc) is 3.62. The minimum absolute atomic E-state index is 0.0269. The lowest BCUT2D eigenvalue weighted by Gasteiger charge is -2.27. The smallest absolute Gasteiger partial charge is 0.335 e. The first kappa shape index (κ1) is 27.7. The van der Waals surface area contributed by atoms with E-state index in [9.17, 15) is 18.7 Å². The molecule has 0 aliphatic carbocycles. The van der Waals surface area contributed by atoms with E-state index in [0.29, 0.717) is 63.4 Å². The standard InChI is InChI=1S/C33H24F3N3O5/c34-24-5-3-21(31-23(24)10-12-43-31)17-44-32-25(35)6-8-27(38-32)19-2-1-18(26(36)13-19)15-30-37-28-7-4-20(33(40)41)14-29(28)39(30)16-22-9-11-42-22/h1-8,10,12-14,22H,9,11,15-17H2,(H,40,41)/t22-/m0/s1. The number of pyridine rings is 1. The van der Waals surface area contributed by atoms with Crippen molar-refractivity contribution >= 4 is 28.0 Å². The lowest BCUT2D eigenvalue weighted by atomic mass is 10.0. The first-order chi connectivity index (χ1) is 21.3. The zero-order valence-corrected chi connectivity index (χ0v) is 23.1. The van der Waals surface area contributed by atoms with Gasteiger partial charge in [-0.2, -0.15) is 0 Å². The number of carboxylic acid groups (broad SMARTS) is 1. The summed E-state index contributed by atoms with van der Waals surface area (Å²) in [4.78, 5) is 20.5. The predicted molar refractivity (Wildman–Crippen MR) is 154 cm³/mol. The molecular weight excluding hydrogens is 575 g/mol. The van der Waals surface area contributed by atoms with Gasteiger partial charge >= 0.3 is 5.97 Å². The number of aromatic nitrogens is 3. The molecule has 4 heterocycles. The molecule has 3 aromatic carbocycles. The number of rotatable bonds is 9. The molecule has 6 aromatic rings. The van der Waals surface area contributed by atoms with Gasteiger partial charge in [0.05, 0.1) is 46.6 Å². The Hall–Kier alpha value is -5.16. The fourth-order valence-electron chi connectivity index (χ4n) is 5.33. The summed E-state index contributed by atoms with van der Waals surface area (Å²) in [6.07, 6.45) is 2.36. The van der Waals surface area contributed by atoms with Crippen LogP contribution in [-0.2, 0) is 24.3 Å². The number of imidazole rings is 1. The molecule has 0 amide bonds. The van der Waals surface area contributed by atoms with Crippen LogP contribution in [0.5, 0.6) is 5.88 Å².